The summed E-state index contributed by atoms with van der Waals surface area (Å²) in [5.41, 5.74) is 2.93. The zero-order valence-electron chi connectivity index (χ0n) is 13.0. The average Bonchev–Trinajstić information content (AvgIpc) is 2.46. The van der Waals surface area contributed by atoms with Crippen molar-refractivity contribution in [2.45, 2.75) is 33.3 Å². The van der Waals surface area contributed by atoms with Crippen molar-refractivity contribution in [1.29, 1.82) is 0 Å². The van der Waals surface area contributed by atoms with Crippen LogP contribution in [0.25, 0.3) is 0 Å². The number of aryl methyl sites for hydroxylation is 2. The van der Waals surface area contributed by atoms with E-state index in [1.165, 1.54) is 0 Å². The number of nitrogens with one attached hydrogen (secondary N) is 1. The van der Waals surface area contributed by atoms with Gasteiger partial charge < -0.3 is 10.1 Å². The van der Waals surface area contributed by atoms with E-state index >= 15 is 0 Å². The van der Waals surface area contributed by atoms with Crippen molar-refractivity contribution in [2.24, 2.45) is 0 Å². The highest BCUT2D eigenvalue weighted by Crippen LogP contribution is 2.20. The van der Waals surface area contributed by atoms with Crippen LogP contribution in [0.1, 0.15) is 24.5 Å². The number of carbonyl (C=O) groups is 1. The second-order valence-corrected chi connectivity index (χ2v) is 5.77. The van der Waals surface area contributed by atoms with Crippen LogP contribution in [-0.4, -0.2) is 12.0 Å². The molecule has 2 aromatic rings. The molecule has 2 rings (SSSR count). The molecule has 2 aromatic carbocycles. The Morgan fingerprint density at radius 3 is 2.27 bits per heavy atom. The number of hydrogen-bond acceptors (Lipinski definition) is 2. The predicted octanol–water partition coefficient (Wildman–Crippen LogP) is 4.75. The van der Waals surface area contributed by atoms with Gasteiger partial charge in [0.05, 0.1) is 0 Å². The molecule has 0 aliphatic rings. The number of anilines is 1. The van der Waals surface area contributed by atoms with Crippen molar-refractivity contribution in [3.05, 3.63) is 58.6 Å². The zero-order chi connectivity index (χ0) is 16.1. The molecule has 0 spiro atoms. The highest BCUT2D eigenvalue weighted by Gasteiger charge is 2.18. The lowest BCUT2D eigenvalue weighted by Gasteiger charge is -2.18. The monoisotopic (exact) mass is 317 g/mol. The molecule has 116 valence electrons. The fraction of sp³-hybridized carbons (Fsp3) is 0.278. The summed E-state index contributed by atoms with van der Waals surface area (Å²) in [6.07, 6.45) is 0.0590. The Balaban J connectivity index is 2.06. The second-order valence-electron chi connectivity index (χ2n) is 5.33. The van der Waals surface area contributed by atoms with Gasteiger partial charge in [-0.3, -0.25) is 4.79 Å². The molecule has 0 heterocycles. The van der Waals surface area contributed by atoms with Gasteiger partial charge in [0.15, 0.2) is 6.10 Å². The Bertz CT molecular complexity index is 632. The Morgan fingerprint density at radius 1 is 1.14 bits per heavy atom. The summed E-state index contributed by atoms with van der Waals surface area (Å²) in [5, 5.41) is 3.48. The summed E-state index contributed by atoms with van der Waals surface area (Å²) in [5.74, 6) is 0.555. The molecule has 0 aliphatic heterocycles. The van der Waals surface area contributed by atoms with Crippen molar-refractivity contribution in [1.82, 2.24) is 0 Å². The number of halogens is 1. The third kappa shape index (κ3) is 4.50. The smallest absolute Gasteiger partial charge is 0.265 e. The van der Waals surface area contributed by atoms with E-state index in [1.807, 2.05) is 32.9 Å². The van der Waals surface area contributed by atoms with Crippen LogP contribution in [0.2, 0.25) is 5.02 Å². The van der Waals surface area contributed by atoms with Crippen molar-refractivity contribution < 1.29 is 9.53 Å². The Labute approximate surface area is 136 Å². The molecule has 1 amide bonds. The van der Waals surface area contributed by atoms with Crippen LogP contribution >= 0.6 is 11.6 Å². The van der Waals surface area contributed by atoms with E-state index in [1.54, 1.807) is 24.3 Å². The molecule has 0 fully saturated rings. The van der Waals surface area contributed by atoms with Crippen molar-refractivity contribution in [3.63, 3.8) is 0 Å². The molecule has 4 heteroatoms. The Kier molecular flexibility index (Phi) is 5.45. The molecule has 1 N–H and O–H groups in total. The number of amides is 1. The Hall–Kier alpha value is -2.00. The zero-order valence-corrected chi connectivity index (χ0v) is 13.8. The number of rotatable bonds is 5. The molecule has 0 saturated carbocycles. The highest BCUT2D eigenvalue weighted by atomic mass is 35.5. The first kappa shape index (κ1) is 16.4. The standard InChI is InChI=1S/C18H20ClNO2/c1-4-17(22-16-10-12(2)9-13(3)11-16)18(21)20-15-7-5-14(19)6-8-15/h5-11,17H,4H2,1-3H3,(H,20,21)/t17-/m0/s1. The van der Waals surface area contributed by atoms with Crippen LogP contribution in [0.3, 0.4) is 0 Å². The molecule has 3 nitrogen and oxygen atoms in total. The Morgan fingerprint density at radius 2 is 1.73 bits per heavy atom. The lowest BCUT2D eigenvalue weighted by Crippen LogP contribution is -2.32. The first-order chi connectivity index (χ1) is 10.5. The number of ether oxygens (including phenoxy) is 1. The van der Waals surface area contributed by atoms with E-state index in [0.29, 0.717) is 17.1 Å². The summed E-state index contributed by atoms with van der Waals surface area (Å²) in [6.45, 7) is 5.94. The average molecular weight is 318 g/mol. The van der Waals surface area contributed by atoms with Gasteiger partial charge in [-0.15, -0.1) is 0 Å². The van der Waals surface area contributed by atoms with Crippen LogP contribution in [-0.2, 0) is 4.79 Å². The fourth-order valence-corrected chi connectivity index (χ4v) is 2.37. The third-order valence-electron chi connectivity index (χ3n) is 3.25. The molecular weight excluding hydrogens is 298 g/mol. The fourth-order valence-electron chi connectivity index (χ4n) is 2.24. The topological polar surface area (TPSA) is 38.3 Å². The minimum absolute atomic E-state index is 0.163. The van der Waals surface area contributed by atoms with Gasteiger partial charge in [0.1, 0.15) is 5.75 Å². The van der Waals surface area contributed by atoms with Crippen LogP contribution in [0.15, 0.2) is 42.5 Å². The molecular formula is C18H20ClNO2. The van der Waals surface area contributed by atoms with Crippen LogP contribution in [0.4, 0.5) is 5.69 Å². The quantitative estimate of drug-likeness (QED) is 0.864. The van der Waals surface area contributed by atoms with Crippen LogP contribution < -0.4 is 10.1 Å². The molecule has 0 bridgehead atoms. The first-order valence-corrected chi connectivity index (χ1v) is 7.67. The summed E-state index contributed by atoms with van der Waals surface area (Å²) in [6, 6.07) is 13.0. The number of hydrogen-bond donors (Lipinski definition) is 1. The van der Waals surface area contributed by atoms with Gasteiger partial charge >= 0.3 is 0 Å². The van der Waals surface area contributed by atoms with E-state index in [9.17, 15) is 4.79 Å². The highest BCUT2D eigenvalue weighted by molar-refractivity contribution is 6.30. The van der Waals surface area contributed by atoms with Gasteiger partial charge in [-0.1, -0.05) is 24.6 Å². The summed E-state index contributed by atoms with van der Waals surface area (Å²) in [7, 11) is 0. The van der Waals surface area contributed by atoms with Crippen LogP contribution in [0.5, 0.6) is 5.75 Å². The maximum Gasteiger partial charge on any atom is 0.265 e. The van der Waals surface area contributed by atoms with Gasteiger partial charge in [0.25, 0.3) is 5.91 Å². The molecule has 0 radical (unpaired) electrons. The summed E-state index contributed by atoms with van der Waals surface area (Å²) < 4.78 is 5.84. The van der Waals surface area contributed by atoms with Crippen LogP contribution in [0, 0.1) is 13.8 Å². The minimum Gasteiger partial charge on any atom is -0.481 e. The molecule has 0 unspecified atom stereocenters. The minimum atomic E-state index is -0.531. The molecule has 22 heavy (non-hydrogen) atoms. The van der Waals surface area contributed by atoms with E-state index in [0.717, 1.165) is 16.9 Å². The van der Waals surface area contributed by atoms with Gasteiger partial charge in [0, 0.05) is 10.7 Å². The molecule has 0 saturated heterocycles. The van der Waals surface area contributed by atoms with Gasteiger partial charge in [-0.25, -0.2) is 0 Å². The summed E-state index contributed by atoms with van der Waals surface area (Å²) >= 11 is 5.84. The van der Waals surface area contributed by atoms with Gasteiger partial charge in [-0.05, 0) is 67.8 Å². The van der Waals surface area contributed by atoms with E-state index < -0.39 is 6.10 Å². The predicted molar refractivity (Wildman–Crippen MR) is 90.7 cm³/mol. The first-order valence-electron chi connectivity index (χ1n) is 7.29. The molecule has 0 aromatic heterocycles. The van der Waals surface area contributed by atoms with Crippen molar-refractivity contribution in [3.8, 4) is 5.75 Å². The van der Waals surface area contributed by atoms with Crippen molar-refractivity contribution >= 4 is 23.2 Å². The second kappa shape index (κ2) is 7.32. The normalized spacial score (nSPS) is 11.8. The lowest BCUT2D eigenvalue weighted by atomic mass is 10.1. The van der Waals surface area contributed by atoms with Crippen molar-refractivity contribution in [2.75, 3.05) is 5.32 Å². The molecule has 1 atom stereocenters. The number of carbonyl (C=O) groups excluding carboxylic acids is 1. The van der Waals surface area contributed by atoms with Gasteiger partial charge in [0.2, 0.25) is 0 Å². The van der Waals surface area contributed by atoms with E-state index in [2.05, 4.69) is 11.4 Å². The molecule has 0 aliphatic carbocycles. The van der Waals surface area contributed by atoms with E-state index in [-0.39, 0.29) is 5.91 Å². The third-order valence-corrected chi connectivity index (χ3v) is 3.50. The van der Waals surface area contributed by atoms with E-state index in [4.69, 9.17) is 16.3 Å². The largest absolute Gasteiger partial charge is 0.481 e. The SMILES string of the molecule is CC[C@H](Oc1cc(C)cc(C)c1)C(=O)Nc1ccc(Cl)cc1. The number of benzene rings is 2. The maximum atomic E-state index is 12.3. The lowest BCUT2D eigenvalue weighted by molar-refractivity contribution is -0.122. The van der Waals surface area contributed by atoms with Gasteiger partial charge in [-0.2, -0.15) is 0 Å². The maximum absolute atomic E-state index is 12.3. The summed E-state index contributed by atoms with van der Waals surface area (Å²) in [4.78, 5) is 12.3.